The summed E-state index contributed by atoms with van der Waals surface area (Å²) in [4.78, 5) is 19.8. The van der Waals surface area contributed by atoms with Crippen LogP contribution in [-0.4, -0.2) is 53.7 Å². The number of benzene rings is 1. The Hall–Kier alpha value is -2.14. The molecule has 0 bridgehead atoms. The number of carbonyl (C=O) groups is 1. The predicted octanol–water partition coefficient (Wildman–Crippen LogP) is 0.876. The maximum atomic E-state index is 11.5. The van der Waals surface area contributed by atoms with Gasteiger partial charge in [-0.25, -0.2) is 0 Å². The largest absolute Gasteiger partial charge is 0.387 e. The number of aliphatic hydroxyl groups excluding tert-OH is 1. The standard InChI is InChI=1S/C15H17N3O2/c19-11-15(20)18-9-7-17(8-10-18)14-5-6-16-13-4-2-1-3-12(13)14/h1-6,19H,7-11H2. The number of aromatic nitrogens is 1. The highest BCUT2D eigenvalue weighted by Gasteiger charge is 2.21. The molecule has 1 amide bonds. The lowest BCUT2D eigenvalue weighted by Crippen LogP contribution is -2.49. The first-order chi connectivity index (χ1) is 9.79. The molecule has 5 nitrogen and oxygen atoms in total. The number of amides is 1. The van der Waals surface area contributed by atoms with Gasteiger partial charge < -0.3 is 14.9 Å². The van der Waals surface area contributed by atoms with Gasteiger partial charge in [-0.05, 0) is 12.1 Å². The lowest BCUT2D eigenvalue weighted by molar-refractivity contribution is -0.134. The number of rotatable bonds is 2. The lowest BCUT2D eigenvalue weighted by Gasteiger charge is -2.36. The normalized spacial score (nSPS) is 15.7. The Morgan fingerprint density at radius 2 is 1.90 bits per heavy atom. The summed E-state index contributed by atoms with van der Waals surface area (Å²) in [6.45, 7) is 2.45. The van der Waals surface area contributed by atoms with Crippen LogP contribution in [0.4, 0.5) is 5.69 Å². The fourth-order valence-corrected chi connectivity index (χ4v) is 2.65. The molecular formula is C15H17N3O2. The Morgan fingerprint density at radius 3 is 2.65 bits per heavy atom. The maximum Gasteiger partial charge on any atom is 0.248 e. The number of piperazine rings is 1. The number of anilines is 1. The van der Waals surface area contributed by atoms with Crippen LogP contribution in [0.3, 0.4) is 0 Å². The van der Waals surface area contributed by atoms with E-state index in [1.807, 2.05) is 30.5 Å². The van der Waals surface area contributed by atoms with E-state index in [0.29, 0.717) is 13.1 Å². The SMILES string of the molecule is O=C(CO)N1CCN(c2ccnc3ccccc23)CC1. The molecule has 20 heavy (non-hydrogen) atoms. The van der Waals surface area contributed by atoms with Crippen molar-refractivity contribution in [2.45, 2.75) is 0 Å². The van der Waals surface area contributed by atoms with Crippen molar-refractivity contribution in [3.8, 4) is 0 Å². The third-order valence-electron chi connectivity index (χ3n) is 3.73. The molecule has 2 aromatic rings. The summed E-state index contributed by atoms with van der Waals surface area (Å²) < 4.78 is 0. The van der Waals surface area contributed by atoms with Crippen molar-refractivity contribution in [3.05, 3.63) is 36.5 Å². The van der Waals surface area contributed by atoms with Crippen LogP contribution >= 0.6 is 0 Å². The van der Waals surface area contributed by atoms with Crippen molar-refractivity contribution in [3.63, 3.8) is 0 Å². The molecule has 1 fully saturated rings. The zero-order valence-corrected chi connectivity index (χ0v) is 11.2. The maximum absolute atomic E-state index is 11.5. The second-order valence-corrected chi connectivity index (χ2v) is 4.87. The third kappa shape index (κ3) is 2.32. The molecule has 3 rings (SSSR count). The highest BCUT2D eigenvalue weighted by molar-refractivity contribution is 5.91. The first-order valence-corrected chi connectivity index (χ1v) is 6.77. The van der Waals surface area contributed by atoms with Gasteiger partial charge in [0.25, 0.3) is 0 Å². The number of nitrogens with zero attached hydrogens (tertiary/aromatic N) is 3. The van der Waals surface area contributed by atoms with E-state index < -0.39 is 6.61 Å². The monoisotopic (exact) mass is 271 g/mol. The number of hydrogen-bond donors (Lipinski definition) is 1. The Bertz CT molecular complexity index is 616. The molecule has 0 spiro atoms. The number of para-hydroxylation sites is 1. The average molecular weight is 271 g/mol. The molecule has 5 heteroatoms. The molecule has 1 saturated heterocycles. The number of hydrogen-bond acceptors (Lipinski definition) is 4. The van der Waals surface area contributed by atoms with Crippen LogP contribution < -0.4 is 4.90 Å². The predicted molar refractivity (Wildman–Crippen MR) is 77.6 cm³/mol. The highest BCUT2D eigenvalue weighted by atomic mass is 16.3. The molecule has 1 N–H and O–H groups in total. The van der Waals surface area contributed by atoms with Crippen LogP contribution in [0.2, 0.25) is 0 Å². The van der Waals surface area contributed by atoms with Crippen molar-refractivity contribution in [1.29, 1.82) is 0 Å². The Balaban J connectivity index is 1.82. The van der Waals surface area contributed by atoms with Crippen molar-refractivity contribution in [2.75, 3.05) is 37.7 Å². The second-order valence-electron chi connectivity index (χ2n) is 4.87. The summed E-state index contributed by atoms with van der Waals surface area (Å²) in [5, 5.41) is 10.0. The van der Waals surface area contributed by atoms with Gasteiger partial charge in [0.1, 0.15) is 6.61 Å². The summed E-state index contributed by atoms with van der Waals surface area (Å²) in [5.74, 6) is -0.191. The molecule has 104 valence electrons. The van der Waals surface area contributed by atoms with E-state index in [0.717, 1.165) is 29.7 Å². The summed E-state index contributed by atoms with van der Waals surface area (Å²) in [5.41, 5.74) is 2.14. The van der Waals surface area contributed by atoms with Crippen molar-refractivity contribution in [1.82, 2.24) is 9.88 Å². The van der Waals surface area contributed by atoms with Gasteiger partial charge in [-0.2, -0.15) is 0 Å². The lowest BCUT2D eigenvalue weighted by atomic mass is 10.1. The van der Waals surface area contributed by atoms with E-state index in [9.17, 15) is 4.79 Å². The zero-order chi connectivity index (χ0) is 13.9. The summed E-state index contributed by atoms with van der Waals surface area (Å²) >= 11 is 0. The van der Waals surface area contributed by atoms with Gasteiger partial charge in [0, 0.05) is 43.4 Å². The average Bonchev–Trinajstić information content (AvgIpc) is 2.54. The van der Waals surface area contributed by atoms with Gasteiger partial charge >= 0.3 is 0 Å². The van der Waals surface area contributed by atoms with E-state index in [4.69, 9.17) is 5.11 Å². The van der Waals surface area contributed by atoms with E-state index >= 15 is 0 Å². The van der Waals surface area contributed by atoms with Crippen LogP contribution in [0, 0.1) is 0 Å². The minimum atomic E-state index is -0.405. The summed E-state index contributed by atoms with van der Waals surface area (Å²) in [7, 11) is 0. The van der Waals surface area contributed by atoms with Crippen molar-refractivity contribution >= 4 is 22.5 Å². The number of fused-ring (bicyclic) bond motifs is 1. The van der Waals surface area contributed by atoms with Crippen LogP contribution in [0.1, 0.15) is 0 Å². The fraction of sp³-hybridized carbons (Fsp3) is 0.333. The van der Waals surface area contributed by atoms with Gasteiger partial charge in [0.15, 0.2) is 0 Å². The van der Waals surface area contributed by atoms with Gasteiger partial charge in [0.2, 0.25) is 5.91 Å². The smallest absolute Gasteiger partial charge is 0.248 e. The minimum Gasteiger partial charge on any atom is -0.387 e. The van der Waals surface area contributed by atoms with Gasteiger partial charge in [-0.1, -0.05) is 18.2 Å². The minimum absolute atomic E-state index is 0.191. The first-order valence-electron chi connectivity index (χ1n) is 6.77. The van der Waals surface area contributed by atoms with Crippen LogP contribution in [0.5, 0.6) is 0 Å². The molecule has 0 atom stereocenters. The van der Waals surface area contributed by atoms with Crippen molar-refractivity contribution in [2.24, 2.45) is 0 Å². The van der Waals surface area contributed by atoms with E-state index in [2.05, 4.69) is 16.0 Å². The Morgan fingerprint density at radius 1 is 1.15 bits per heavy atom. The van der Waals surface area contributed by atoms with E-state index in [-0.39, 0.29) is 5.91 Å². The molecule has 0 radical (unpaired) electrons. The first kappa shape index (κ1) is 12.9. The quantitative estimate of drug-likeness (QED) is 0.881. The van der Waals surface area contributed by atoms with Crippen molar-refractivity contribution < 1.29 is 9.90 Å². The van der Waals surface area contributed by atoms with Crippen LogP contribution in [0.25, 0.3) is 10.9 Å². The van der Waals surface area contributed by atoms with Crippen LogP contribution in [-0.2, 0) is 4.79 Å². The molecule has 1 aliphatic rings. The molecular weight excluding hydrogens is 254 g/mol. The number of carbonyl (C=O) groups excluding carboxylic acids is 1. The highest BCUT2D eigenvalue weighted by Crippen LogP contribution is 2.25. The Labute approximate surface area is 117 Å². The topological polar surface area (TPSA) is 56.7 Å². The fourth-order valence-electron chi connectivity index (χ4n) is 2.65. The molecule has 0 unspecified atom stereocenters. The number of pyridine rings is 1. The van der Waals surface area contributed by atoms with Gasteiger partial charge in [-0.3, -0.25) is 9.78 Å². The van der Waals surface area contributed by atoms with Crippen LogP contribution in [0.15, 0.2) is 36.5 Å². The van der Waals surface area contributed by atoms with E-state index in [1.165, 1.54) is 0 Å². The Kier molecular flexibility index (Phi) is 3.52. The summed E-state index contributed by atoms with van der Waals surface area (Å²) in [6.07, 6.45) is 1.82. The third-order valence-corrected chi connectivity index (χ3v) is 3.73. The van der Waals surface area contributed by atoms with E-state index in [1.54, 1.807) is 4.90 Å². The second kappa shape index (κ2) is 5.46. The molecule has 1 aliphatic heterocycles. The zero-order valence-electron chi connectivity index (χ0n) is 11.2. The molecule has 1 aromatic carbocycles. The van der Waals surface area contributed by atoms with Gasteiger partial charge in [0.05, 0.1) is 5.52 Å². The molecule has 1 aromatic heterocycles. The number of aliphatic hydroxyl groups is 1. The summed E-state index contributed by atoms with van der Waals surface area (Å²) in [6, 6.07) is 10.1. The van der Waals surface area contributed by atoms with Gasteiger partial charge in [-0.15, -0.1) is 0 Å². The molecule has 0 saturated carbocycles. The molecule has 2 heterocycles. The molecule has 0 aliphatic carbocycles.